The van der Waals surface area contributed by atoms with Crippen LogP contribution in [0.15, 0.2) is 72.8 Å². The number of para-hydroxylation sites is 1. The minimum absolute atomic E-state index is 0.159. The van der Waals surface area contributed by atoms with Gasteiger partial charge in [0.25, 0.3) is 5.91 Å². The topological polar surface area (TPSA) is 40.6 Å². The first-order valence-corrected chi connectivity index (χ1v) is 11.3. The van der Waals surface area contributed by atoms with Gasteiger partial charge in [0.1, 0.15) is 5.82 Å². The summed E-state index contributed by atoms with van der Waals surface area (Å²) in [7, 11) is 0. The summed E-state index contributed by atoms with van der Waals surface area (Å²) >= 11 is 0. The maximum atomic E-state index is 13.4. The van der Waals surface area contributed by atoms with E-state index in [4.69, 9.17) is 0 Å². The summed E-state index contributed by atoms with van der Waals surface area (Å²) in [5, 5.41) is 0. The second kappa shape index (κ2) is 9.52. The predicted molar refractivity (Wildman–Crippen MR) is 126 cm³/mol. The van der Waals surface area contributed by atoms with Crippen molar-refractivity contribution in [1.29, 1.82) is 0 Å². The molecule has 0 saturated heterocycles. The number of hydrogen-bond donors (Lipinski definition) is 0. The average molecular weight is 484 g/mol. The summed E-state index contributed by atoms with van der Waals surface area (Å²) in [6, 6.07) is 16.2. The molecule has 4 rings (SSSR count). The molecule has 182 valence electrons. The molecule has 4 nitrogen and oxygen atoms in total. The highest BCUT2D eigenvalue weighted by Gasteiger charge is 2.39. The predicted octanol–water partition coefficient (Wildman–Crippen LogP) is 6.77. The SMILES string of the molecule is CCC(=O)N(c1ccc(C(F)(F)F)cc1)[C@H]1C[C@@H](C)N(C(=O)c2ccc(F)cc2)c2ccccc21. The smallest absolute Gasteiger partial charge is 0.305 e. The molecule has 0 unspecified atom stereocenters. The van der Waals surface area contributed by atoms with Gasteiger partial charge in [-0.3, -0.25) is 9.59 Å². The summed E-state index contributed by atoms with van der Waals surface area (Å²) in [4.78, 5) is 29.6. The van der Waals surface area contributed by atoms with Crippen molar-refractivity contribution in [2.45, 2.75) is 44.9 Å². The normalized spacial score (nSPS) is 17.6. The Kier molecular flexibility index (Phi) is 6.65. The lowest BCUT2D eigenvalue weighted by molar-refractivity contribution is -0.137. The largest absolute Gasteiger partial charge is 0.416 e. The van der Waals surface area contributed by atoms with Crippen LogP contribution < -0.4 is 9.80 Å². The van der Waals surface area contributed by atoms with Crippen molar-refractivity contribution < 1.29 is 27.2 Å². The monoisotopic (exact) mass is 484 g/mol. The van der Waals surface area contributed by atoms with Crippen molar-refractivity contribution in [3.8, 4) is 0 Å². The molecular formula is C27H24F4N2O2. The van der Waals surface area contributed by atoms with E-state index in [1.54, 1.807) is 30.0 Å². The molecule has 0 aromatic heterocycles. The van der Waals surface area contributed by atoms with Crippen LogP contribution in [0.4, 0.5) is 28.9 Å². The van der Waals surface area contributed by atoms with Gasteiger partial charge in [-0.15, -0.1) is 0 Å². The van der Waals surface area contributed by atoms with Crippen LogP contribution in [-0.2, 0) is 11.0 Å². The summed E-state index contributed by atoms with van der Waals surface area (Å²) < 4.78 is 52.7. The highest BCUT2D eigenvalue weighted by atomic mass is 19.4. The Hall–Kier alpha value is -3.68. The summed E-state index contributed by atoms with van der Waals surface area (Å²) in [6.07, 6.45) is -3.95. The molecule has 0 saturated carbocycles. The van der Waals surface area contributed by atoms with Crippen molar-refractivity contribution in [1.82, 2.24) is 0 Å². The number of nitrogens with zero attached hydrogens (tertiary/aromatic N) is 2. The van der Waals surface area contributed by atoms with Crippen molar-refractivity contribution in [2.75, 3.05) is 9.80 Å². The third-order valence-electron chi connectivity index (χ3n) is 6.23. The molecule has 0 aliphatic carbocycles. The van der Waals surface area contributed by atoms with Gasteiger partial charge in [-0.25, -0.2) is 4.39 Å². The maximum absolute atomic E-state index is 13.4. The second-order valence-corrected chi connectivity index (χ2v) is 8.50. The van der Waals surface area contributed by atoms with E-state index in [2.05, 4.69) is 0 Å². The standard InChI is InChI=1S/C27H24F4N2O2/c1-3-25(34)33(21-14-10-19(11-15-21)27(29,30)31)24-16-17(2)32(23-7-5-4-6-22(23)24)26(35)18-8-12-20(28)13-9-18/h4-15,17,24H,3,16H2,1-2H3/t17-,24+/m1/s1. The number of alkyl halides is 3. The fraction of sp³-hybridized carbons (Fsp3) is 0.259. The molecule has 8 heteroatoms. The molecule has 35 heavy (non-hydrogen) atoms. The molecule has 3 aromatic carbocycles. The molecule has 1 aliphatic heterocycles. The Morgan fingerprint density at radius 2 is 1.60 bits per heavy atom. The molecule has 0 radical (unpaired) electrons. The third-order valence-corrected chi connectivity index (χ3v) is 6.23. The molecular weight excluding hydrogens is 460 g/mol. The van der Waals surface area contributed by atoms with Crippen LogP contribution in [0.5, 0.6) is 0 Å². The zero-order valence-corrected chi connectivity index (χ0v) is 19.2. The summed E-state index contributed by atoms with van der Waals surface area (Å²) in [6.45, 7) is 3.55. The van der Waals surface area contributed by atoms with Crippen molar-refractivity contribution in [3.05, 3.63) is 95.3 Å². The van der Waals surface area contributed by atoms with Crippen LogP contribution in [0.25, 0.3) is 0 Å². The van der Waals surface area contributed by atoms with Gasteiger partial charge in [0.15, 0.2) is 0 Å². The minimum Gasteiger partial charge on any atom is -0.305 e. The lowest BCUT2D eigenvalue weighted by Crippen LogP contribution is -2.47. The zero-order valence-electron chi connectivity index (χ0n) is 19.2. The quantitative estimate of drug-likeness (QED) is 0.384. The van der Waals surface area contributed by atoms with E-state index in [9.17, 15) is 27.2 Å². The Bertz CT molecular complexity index is 1220. The zero-order chi connectivity index (χ0) is 25.3. The number of anilines is 2. The lowest BCUT2D eigenvalue weighted by Gasteiger charge is -2.43. The fourth-order valence-electron chi connectivity index (χ4n) is 4.55. The third kappa shape index (κ3) is 4.78. The Morgan fingerprint density at radius 3 is 2.20 bits per heavy atom. The van der Waals surface area contributed by atoms with Gasteiger partial charge in [-0.05, 0) is 73.5 Å². The van der Waals surface area contributed by atoms with Gasteiger partial charge in [0.05, 0.1) is 11.6 Å². The van der Waals surface area contributed by atoms with Crippen LogP contribution in [0.1, 0.15) is 54.2 Å². The first-order chi connectivity index (χ1) is 16.6. The van der Waals surface area contributed by atoms with Gasteiger partial charge in [0, 0.05) is 29.4 Å². The van der Waals surface area contributed by atoms with Gasteiger partial charge in [0.2, 0.25) is 5.91 Å². The highest BCUT2D eigenvalue weighted by Crippen LogP contribution is 2.43. The Balaban J connectivity index is 1.76. The van der Waals surface area contributed by atoms with Crippen LogP contribution in [-0.4, -0.2) is 17.9 Å². The molecule has 0 spiro atoms. The number of rotatable bonds is 4. The average Bonchev–Trinajstić information content (AvgIpc) is 2.84. The molecule has 3 aromatic rings. The van der Waals surface area contributed by atoms with E-state index in [0.717, 1.165) is 12.1 Å². The lowest BCUT2D eigenvalue weighted by atomic mass is 9.89. The van der Waals surface area contributed by atoms with E-state index in [1.165, 1.54) is 41.3 Å². The van der Waals surface area contributed by atoms with E-state index < -0.39 is 23.6 Å². The van der Waals surface area contributed by atoms with E-state index in [0.29, 0.717) is 28.9 Å². The van der Waals surface area contributed by atoms with Gasteiger partial charge >= 0.3 is 6.18 Å². The van der Waals surface area contributed by atoms with Gasteiger partial charge < -0.3 is 9.80 Å². The maximum Gasteiger partial charge on any atom is 0.416 e. The second-order valence-electron chi connectivity index (χ2n) is 8.50. The number of carbonyl (C=O) groups excluding carboxylic acids is 2. The van der Waals surface area contributed by atoms with Crippen LogP contribution in [0, 0.1) is 5.82 Å². The van der Waals surface area contributed by atoms with Crippen LogP contribution in [0.3, 0.4) is 0 Å². The van der Waals surface area contributed by atoms with Crippen molar-refractivity contribution >= 4 is 23.2 Å². The molecule has 0 fully saturated rings. The minimum atomic E-state index is -4.48. The van der Waals surface area contributed by atoms with Gasteiger partial charge in [-0.1, -0.05) is 25.1 Å². The number of carbonyl (C=O) groups is 2. The molecule has 1 aliphatic rings. The van der Waals surface area contributed by atoms with Crippen LogP contribution >= 0.6 is 0 Å². The highest BCUT2D eigenvalue weighted by molar-refractivity contribution is 6.07. The summed E-state index contributed by atoms with van der Waals surface area (Å²) in [5.74, 6) is -0.986. The van der Waals surface area contributed by atoms with E-state index in [-0.39, 0.29) is 24.3 Å². The first kappa shape index (κ1) is 24.4. The first-order valence-electron chi connectivity index (χ1n) is 11.3. The molecule has 1 heterocycles. The van der Waals surface area contributed by atoms with E-state index >= 15 is 0 Å². The van der Waals surface area contributed by atoms with E-state index in [1.807, 2.05) is 13.0 Å². The fourth-order valence-corrected chi connectivity index (χ4v) is 4.55. The van der Waals surface area contributed by atoms with Gasteiger partial charge in [-0.2, -0.15) is 13.2 Å². The molecule has 0 N–H and O–H groups in total. The van der Waals surface area contributed by atoms with Crippen molar-refractivity contribution in [3.63, 3.8) is 0 Å². The molecule has 2 amide bonds. The Labute approximate surface area is 200 Å². The number of halogens is 4. The van der Waals surface area contributed by atoms with Crippen LogP contribution in [0.2, 0.25) is 0 Å². The number of benzene rings is 3. The molecule has 0 bridgehead atoms. The number of amides is 2. The molecule has 2 atom stereocenters. The number of fused-ring (bicyclic) bond motifs is 1. The summed E-state index contributed by atoms with van der Waals surface area (Å²) in [5.41, 5.74) is 1.21. The van der Waals surface area contributed by atoms with Crippen molar-refractivity contribution in [2.24, 2.45) is 0 Å². The number of hydrogen-bond acceptors (Lipinski definition) is 2. The Morgan fingerprint density at radius 1 is 0.971 bits per heavy atom.